The third-order valence-electron chi connectivity index (χ3n) is 5.74. The van der Waals surface area contributed by atoms with E-state index in [2.05, 4.69) is 4.74 Å². The van der Waals surface area contributed by atoms with E-state index in [4.69, 9.17) is 0 Å². The highest BCUT2D eigenvalue weighted by Gasteiger charge is 2.62. The number of rotatable bonds is 5. The number of alkyl halides is 3. The molecular formula is C22H18F3NO4. The zero-order chi connectivity index (χ0) is 21.8. The summed E-state index contributed by atoms with van der Waals surface area (Å²) < 4.78 is 43.4. The van der Waals surface area contributed by atoms with Crippen LogP contribution in [0.2, 0.25) is 0 Å². The lowest BCUT2D eigenvalue weighted by Crippen LogP contribution is -2.17. The first-order chi connectivity index (χ1) is 14.0. The number of carboxylic acid groups (broad SMARTS) is 1. The van der Waals surface area contributed by atoms with E-state index in [1.54, 1.807) is 28.8 Å². The minimum Gasteiger partial charge on any atom is -0.481 e. The summed E-state index contributed by atoms with van der Waals surface area (Å²) in [5.74, 6) is -1.98. The minimum atomic E-state index is -4.83. The number of halogens is 3. The van der Waals surface area contributed by atoms with Gasteiger partial charge >= 0.3 is 12.3 Å². The molecule has 1 aliphatic carbocycles. The average molecular weight is 417 g/mol. The highest BCUT2D eigenvalue weighted by atomic mass is 19.4. The Bertz CT molecular complexity index is 1160. The van der Waals surface area contributed by atoms with Crippen LogP contribution in [0.1, 0.15) is 35.8 Å². The predicted octanol–water partition coefficient (Wildman–Crippen LogP) is 5.17. The normalized spacial score (nSPS) is 20.2. The Morgan fingerprint density at radius 2 is 1.90 bits per heavy atom. The molecule has 0 amide bonds. The Labute approximate surface area is 169 Å². The molecule has 1 heterocycles. The summed E-state index contributed by atoms with van der Waals surface area (Å²) in [7, 11) is 0. The molecule has 1 fully saturated rings. The van der Waals surface area contributed by atoms with Crippen molar-refractivity contribution in [2.75, 3.05) is 0 Å². The van der Waals surface area contributed by atoms with Gasteiger partial charge in [-0.2, -0.15) is 0 Å². The molecule has 2 unspecified atom stereocenters. The van der Waals surface area contributed by atoms with Crippen LogP contribution >= 0.6 is 0 Å². The van der Waals surface area contributed by atoms with Crippen LogP contribution in [-0.4, -0.2) is 28.3 Å². The molecule has 0 radical (unpaired) electrons. The second kappa shape index (κ2) is 6.62. The Morgan fingerprint density at radius 3 is 2.50 bits per heavy atom. The zero-order valence-electron chi connectivity index (χ0n) is 16.1. The van der Waals surface area contributed by atoms with Crippen molar-refractivity contribution in [3.63, 3.8) is 0 Å². The topological polar surface area (TPSA) is 68.5 Å². The van der Waals surface area contributed by atoms with E-state index in [1.807, 2.05) is 19.9 Å². The van der Waals surface area contributed by atoms with Crippen LogP contribution in [0.5, 0.6) is 5.75 Å². The molecule has 0 aliphatic heterocycles. The van der Waals surface area contributed by atoms with Crippen molar-refractivity contribution in [3.8, 4) is 11.4 Å². The first-order valence-corrected chi connectivity index (χ1v) is 9.22. The molecule has 30 heavy (non-hydrogen) atoms. The summed E-state index contributed by atoms with van der Waals surface area (Å²) >= 11 is 0. The molecule has 2 atom stereocenters. The Balaban J connectivity index is 1.82. The molecule has 3 aromatic rings. The number of nitrogens with zero attached hydrogens (tertiary/aromatic N) is 1. The third kappa shape index (κ3) is 3.32. The lowest BCUT2D eigenvalue weighted by Gasteiger charge is -2.12. The SMILES string of the molecule is CC1(C)C(C(=O)O)C1c1cccc(-n2c(C=O)cc3ccc(OC(F)(F)F)cc32)c1. The van der Waals surface area contributed by atoms with Crippen LogP contribution in [0.4, 0.5) is 13.2 Å². The van der Waals surface area contributed by atoms with Crippen LogP contribution < -0.4 is 4.74 Å². The molecule has 5 nitrogen and oxygen atoms in total. The van der Waals surface area contributed by atoms with Crippen molar-refractivity contribution in [1.29, 1.82) is 0 Å². The van der Waals surface area contributed by atoms with Crippen molar-refractivity contribution in [1.82, 2.24) is 4.57 Å². The molecular weight excluding hydrogens is 399 g/mol. The monoisotopic (exact) mass is 417 g/mol. The standard InChI is InChI=1S/C22H18F3NO4/c1-21(2)18(19(21)20(28)29)13-4-3-5-14(9-13)26-15(11-27)8-12-6-7-16(10-17(12)26)30-22(23,24)25/h3-11,18-19H,1-2H3,(H,28,29). The first kappa shape index (κ1) is 20.0. The third-order valence-corrected chi connectivity index (χ3v) is 5.74. The molecule has 1 N–H and O–H groups in total. The maximum absolute atomic E-state index is 12.6. The maximum atomic E-state index is 12.6. The smallest absolute Gasteiger partial charge is 0.481 e. The second-order valence-corrected chi connectivity index (χ2v) is 8.00. The molecule has 0 saturated heterocycles. The van der Waals surface area contributed by atoms with Gasteiger partial charge in [-0.1, -0.05) is 26.0 Å². The number of aliphatic carboxylic acids is 1. The largest absolute Gasteiger partial charge is 0.573 e. The summed E-state index contributed by atoms with van der Waals surface area (Å²) in [4.78, 5) is 23.2. The number of benzene rings is 2. The molecule has 0 bridgehead atoms. The fraction of sp³-hybridized carbons (Fsp3) is 0.273. The quantitative estimate of drug-likeness (QED) is 0.582. The number of carbonyl (C=O) groups excluding carboxylic acids is 1. The van der Waals surface area contributed by atoms with Gasteiger partial charge in [0.15, 0.2) is 6.29 Å². The fourth-order valence-electron chi connectivity index (χ4n) is 4.35. The number of aldehydes is 1. The average Bonchev–Trinajstić information content (AvgIpc) is 3.06. The Hall–Kier alpha value is -3.29. The number of carboxylic acids is 1. The van der Waals surface area contributed by atoms with Gasteiger partial charge in [-0.05, 0) is 41.3 Å². The van der Waals surface area contributed by atoms with Crippen LogP contribution in [0.15, 0.2) is 48.5 Å². The molecule has 8 heteroatoms. The van der Waals surface area contributed by atoms with Gasteiger partial charge in [0, 0.05) is 23.1 Å². The van der Waals surface area contributed by atoms with Gasteiger partial charge in [0.1, 0.15) is 5.75 Å². The van der Waals surface area contributed by atoms with Gasteiger partial charge < -0.3 is 14.4 Å². The van der Waals surface area contributed by atoms with Crippen LogP contribution in [0, 0.1) is 11.3 Å². The Kier molecular flexibility index (Phi) is 4.41. The molecule has 4 rings (SSSR count). The van der Waals surface area contributed by atoms with E-state index in [9.17, 15) is 27.9 Å². The highest BCUT2D eigenvalue weighted by molar-refractivity contribution is 5.91. The predicted molar refractivity (Wildman–Crippen MR) is 103 cm³/mol. The summed E-state index contributed by atoms with van der Waals surface area (Å²) in [6.45, 7) is 3.76. The lowest BCUT2D eigenvalue weighted by atomic mass is 10.0. The van der Waals surface area contributed by atoms with E-state index in [0.717, 1.165) is 5.56 Å². The zero-order valence-corrected chi connectivity index (χ0v) is 16.1. The number of ether oxygens (including phenoxy) is 1. The van der Waals surface area contributed by atoms with Crippen LogP contribution in [0.25, 0.3) is 16.6 Å². The van der Waals surface area contributed by atoms with Crippen LogP contribution in [-0.2, 0) is 4.79 Å². The number of carbonyl (C=O) groups is 2. The molecule has 1 saturated carbocycles. The summed E-state index contributed by atoms with van der Waals surface area (Å²) in [5, 5.41) is 10.0. The summed E-state index contributed by atoms with van der Waals surface area (Å²) in [6.07, 6.45) is -4.21. The van der Waals surface area contributed by atoms with Gasteiger partial charge in [0.2, 0.25) is 0 Å². The van der Waals surface area contributed by atoms with Gasteiger partial charge in [-0.15, -0.1) is 13.2 Å². The van der Waals surface area contributed by atoms with Gasteiger partial charge in [-0.3, -0.25) is 9.59 Å². The molecule has 1 aromatic heterocycles. The molecule has 156 valence electrons. The number of hydrogen-bond donors (Lipinski definition) is 1. The number of aromatic nitrogens is 1. The van der Waals surface area contributed by atoms with E-state index < -0.39 is 29.4 Å². The highest BCUT2D eigenvalue weighted by Crippen LogP contribution is 2.64. The van der Waals surface area contributed by atoms with E-state index in [1.165, 1.54) is 18.2 Å². The fourth-order valence-corrected chi connectivity index (χ4v) is 4.35. The Morgan fingerprint density at radius 1 is 1.17 bits per heavy atom. The number of hydrogen-bond acceptors (Lipinski definition) is 3. The van der Waals surface area contributed by atoms with Crippen molar-refractivity contribution < 1.29 is 32.6 Å². The maximum Gasteiger partial charge on any atom is 0.573 e. The van der Waals surface area contributed by atoms with E-state index >= 15 is 0 Å². The van der Waals surface area contributed by atoms with Crippen molar-refractivity contribution in [2.45, 2.75) is 26.1 Å². The van der Waals surface area contributed by atoms with Gasteiger partial charge in [0.05, 0.1) is 17.1 Å². The minimum absolute atomic E-state index is 0.194. The van der Waals surface area contributed by atoms with E-state index in [0.29, 0.717) is 22.9 Å². The second-order valence-electron chi connectivity index (χ2n) is 8.00. The van der Waals surface area contributed by atoms with Crippen molar-refractivity contribution in [2.24, 2.45) is 11.3 Å². The summed E-state index contributed by atoms with van der Waals surface area (Å²) in [5.41, 5.74) is 1.58. The lowest BCUT2D eigenvalue weighted by molar-refractivity contribution is -0.274. The molecule has 2 aromatic carbocycles. The molecule has 1 aliphatic rings. The van der Waals surface area contributed by atoms with Crippen LogP contribution in [0.3, 0.4) is 0 Å². The van der Waals surface area contributed by atoms with Crippen molar-refractivity contribution >= 4 is 23.2 Å². The molecule has 0 spiro atoms. The van der Waals surface area contributed by atoms with E-state index in [-0.39, 0.29) is 11.6 Å². The number of fused-ring (bicyclic) bond motifs is 1. The van der Waals surface area contributed by atoms with Gasteiger partial charge in [-0.25, -0.2) is 0 Å². The van der Waals surface area contributed by atoms with Gasteiger partial charge in [0.25, 0.3) is 0 Å². The summed E-state index contributed by atoms with van der Waals surface area (Å²) in [6, 6.07) is 12.5. The van der Waals surface area contributed by atoms with Crippen molar-refractivity contribution in [3.05, 3.63) is 59.8 Å². The first-order valence-electron chi connectivity index (χ1n) is 9.22.